The van der Waals surface area contributed by atoms with Gasteiger partial charge in [0.05, 0.1) is 11.6 Å². The third-order valence-electron chi connectivity index (χ3n) is 2.22. The molecule has 14 heavy (non-hydrogen) atoms. The number of hydrogen-bond donors (Lipinski definition) is 1. The molecule has 1 N–H and O–H groups in total. The number of halogens is 1. The van der Waals surface area contributed by atoms with E-state index in [0.29, 0.717) is 5.02 Å². The minimum absolute atomic E-state index is 0.00986. The number of aliphatic hydroxyl groups is 1. The second-order valence-corrected chi connectivity index (χ2v) is 3.50. The Kier molecular flexibility index (Phi) is 2.70. The summed E-state index contributed by atoms with van der Waals surface area (Å²) in [5, 5.41) is 9.76. The summed E-state index contributed by atoms with van der Waals surface area (Å²) in [4.78, 5) is 6.12. The van der Waals surface area contributed by atoms with Crippen LogP contribution in [-0.4, -0.2) is 35.7 Å². The molecule has 0 amide bonds. The largest absolute Gasteiger partial charge is 0.376 e. The normalized spacial score (nSPS) is 15.9. The Labute approximate surface area is 87.6 Å². The number of rotatable bonds is 2. The van der Waals surface area contributed by atoms with E-state index in [1.807, 2.05) is 24.3 Å². The first-order valence-corrected chi connectivity index (χ1v) is 4.86. The highest BCUT2D eigenvalue weighted by Crippen LogP contribution is 2.19. The molecular weight excluding hydrogens is 200 g/mol. The van der Waals surface area contributed by atoms with Crippen LogP contribution in [0, 0.1) is 0 Å². The van der Waals surface area contributed by atoms with Gasteiger partial charge in [-0.3, -0.25) is 4.99 Å². The summed E-state index contributed by atoms with van der Waals surface area (Å²) >= 11 is 6.04. The number of hydrogen-bond acceptors (Lipinski definition) is 3. The van der Waals surface area contributed by atoms with Crippen LogP contribution in [0.4, 0.5) is 0 Å². The molecule has 4 heteroatoms. The van der Waals surface area contributed by atoms with E-state index in [9.17, 15) is 0 Å². The van der Waals surface area contributed by atoms with Crippen molar-refractivity contribution in [2.75, 3.05) is 19.8 Å². The molecule has 0 spiro atoms. The molecule has 0 aliphatic carbocycles. The molecule has 74 valence electrons. The summed E-state index contributed by atoms with van der Waals surface area (Å²) in [5.41, 5.74) is 0.890. The molecule has 0 fully saturated rings. The van der Waals surface area contributed by atoms with Gasteiger partial charge in [0.1, 0.15) is 12.6 Å². The molecule has 0 saturated heterocycles. The van der Waals surface area contributed by atoms with Crippen LogP contribution >= 0.6 is 11.6 Å². The molecule has 2 rings (SSSR count). The van der Waals surface area contributed by atoms with Gasteiger partial charge in [-0.1, -0.05) is 23.7 Å². The van der Waals surface area contributed by atoms with Gasteiger partial charge in [-0.05, 0) is 12.1 Å². The second kappa shape index (κ2) is 3.98. The Bertz CT molecular complexity index is 365. The molecular formula is C10H11ClN2O. The lowest BCUT2D eigenvalue weighted by Crippen LogP contribution is -2.29. The third kappa shape index (κ3) is 1.61. The fraction of sp³-hybridized carbons (Fsp3) is 0.300. The summed E-state index contributed by atoms with van der Waals surface area (Å²) in [7, 11) is 0. The van der Waals surface area contributed by atoms with Crippen molar-refractivity contribution in [1.29, 1.82) is 0 Å². The van der Waals surface area contributed by atoms with E-state index >= 15 is 0 Å². The van der Waals surface area contributed by atoms with Crippen molar-refractivity contribution in [2.24, 2.45) is 4.99 Å². The number of benzene rings is 1. The molecule has 1 heterocycles. The molecule has 1 aromatic rings. The van der Waals surface area contributed by atoms with Crippen molar-refractivity contribution in [3.8, 4) is 0 Å². The SMILES string of the molecule is OCN1CCN=C1c1ccccc1Cl. The fourth-order valence-corrected chi connectivity index (χ4v) is 1.74. The average molecular weight is 211 g/mol. The van der Waals surface area contributed by atoms with E-state index in [4.69, 9.17) is 16.7 Å². The van der Waals surface area contributed by atoms with Crippen LogP contribution in [0.15, 0.2) is 29.3 Å². The Morgan fingerprint density at radius 1 is 1.43 bits per heavy atom. The molecule has 0 unspecified atom stereocenters. The Hall–Kier alpha value is -1.06. The predicted molar refractivity (Wildman–Crippen MR) is 56.6 cm³/mol. The van der Waals surface area contributed by atoms with Gasteiger partial charge in [-0.25, -0.2) is 0 Å². The Morgan fingerprint density at radius 2 is 2.21 bits per heavy atom. The zero-order valence-electron chi connectivity index (χ0n) is 7.65. The lowest BCUT2D eigenvalue weighted by atomic mass is 10.2. The molecule has 3 nitrogen and oxygen atoms in total. The van der Waals surface area contributed by atoms with Gasteiger partial charge in [0, 0.05) is 12.1 Å². The van der Waals surface area contributed by atoms with Crippen LogP contribution in [0.1, 0.15) is 5.56 Å². The monoisotopic (exact) mass is 210 g/mol. The van der Waals surface area contributed by atoms with Crippen LogP contribution < -0.4 is 0 Å². The topological polar surface area (TPSA) is 35.8 Å². The predicted octanol–water partition coefficient (Wildman–Crippen LogP) is 1.35. The molecule has 0 radical (unpaired) electrons. The van der Waals surface area contributed by atoms with Gasteiger partial charge in [0.15, 0.2) is 0 Å². The highest BCUT2D eigenvalue weighted by atomic mass is 35.5. The van der Waals surface area contributed by atoms with Gasteiger partial charge >= 0.3 is 0 Å². The van der Waals surface area contributed by atoms with Crippen LogP contribution in [-0.2, 0) is 0 Å². The van der Waals surface area contributed by atoms with E-state index in [-0.39, 0.29) is 6.73 Å². The smallest absolute Gasteiger partial charge is 0.134 e. The third-order valence-corrected chi connectivity index (χ3v) is 2.55. The lowest BCUT2D eigenvalue weighted by molar-refractivity contribution is 0.180. The minimum Gasteiger partial charge on any atom is -0.376 e. The van der Waals surface area contributed by atoms with Crippen molar-refractivity contribution in [3.05, 3.63) is 34.9 Å². The highest BCUT2D eigenvalue weighted by Gasteiger charge is 2.18. The van der Waals surface area contributed by atoms with Crippen molar-refractivity contribution in [1.82, 2.24) is 4.90 Å². The zero-order chi connectivity index (χ0) is 9.97. The first-order chi connectivity index (χ1) is 6.83. The van der Waals surface area contributed by atoms with Crippen LogP contribution in [0.2, 0.25) is 5.02 Å². The van der Waals surface area contributed by atoms with Gasteiger partial charge in [0.25, 0.3) is 0 Å². The lowest BCUT2D eigenvalue weighted by Gasteiger charge is -2.17. The van der Waals surface area contributed by atoms with E-state index < -0.39 is 0 Å². The standard InChI is InChI=1S/C10H11ClN2O/c11-9-4-2-1-3-8(9)10-12-5-6-13(10)7-14/h1-4,14H,5-7H2. The van der Waals surface area contributed by atoms with Crippen LogP contribution in [0.5, 0.6) is 0 Å². The van der Waals surface area contributed by atoms with Gasteiger partial charge < -0.3 is 10.0 Å². The summed E-state index contributed by atoms with van der Waals surface area (Å²) < 4.78 is 0. The average Bonchev–Trinajstić information content (AvgIpc) is 2.66. The van der Waals surface area contributed by atoms with Crippen molar-refractivity contribution >= 4 is 17.4 Å². The van der Waals surface area contributed by atoms with Crippen molar-refractivity contribution in [3.63, 3.8) is 0 Å². The van der Waals surface area contributed by atoms with E-state index in [0.717, 1.165) is 24.5 Å². The molecule has 0 saturated carbocycles. The maximum Gasteiger partial charge on any atom is 0.134 e. The van der Waals surface area contributed by atoms with E-state index in [1.54, 1.807) is 4.90 Å². The molecule has 0 aromatic heterocycles. The zero-order valence-corrected chi connectivity index (χ0v) is 8.41. The van der Waals surface area contributed by atoms with E-state index in [1.165, 1.54) is 0 Å². The van der Waals surface area contributed by atoms with Gasteiger partial charge in [-0.2, -0.15) is 0 Å². The van der Waals surface area contributed by atoms with Crippen molar-refractivity contribution < 1.29 is 5.11 Å². The van der Waals surface area contributed by atoms with Crippen LogP contribution in [0.3, 0.4) is 0 Å². The maximum absolute atomic E-state index is 9.09. The first-order valence-electron chi connectivity index (χ1n) is 4.48. The summed E-state index contributed by atoms with van der Waals surface area (Å²) in [6.45, 7) is 1.47. The summed E-state index contributed by atoms with van der Waals surface area (Å²) in [6, 6.07) is 7.53. The molecule has 1 aromatic carbocycles. The van der Waals surface area contributed by atoms with Crippen molar-refractivity contribution in [2.45, 2.75) is 0 Å². The molecule has 1 aliphatic rings. The van der Waals surface area contributed by atoms with E-state index in [2.05, 4.69) is 4.99 Å². The summed E-state index contributed by atoms with van der Waals surface area (Å²) in [5.74, 6) is 0.790. The molecule has 0 bridgehead atoms. The van der Waals surface area contributed by atoms with Crippen LogP contribution in [0.25, 0.3) is 0 Å². The number of aliphatic hydroxyl groups excluding tert-OH is 1. The Balaban J connectivity index is 2.35. The molecule has 0 atom stereocenters. The molecule has 1 aliphatic heterocycles. The number of aliphatic imine (C=N–C) groups is 1. The second-order valence-electron chi connectivity index (χ2n) is 3.09. The highest BCUT2D eigenvalue weighted by molar-refractivity contribution is 6.34. The van der Waals surface area contributed by atoms with Gasteiger partial charge in [-0.15, -0.1) is 0 Å². The Morgan fingerprint density at radius 3 is 2.93 bits per heavy atom. The quantitative estimate of drug-likeness (QED) is 0.800. The minimum atomic E-state index is -0.00986. The number of amidine groups is 1. The van der Waals surface area contributed by atoms with Gasteiger partial charge in [0.2, 0.25) is 0 Å². The fourth-order valence-electron chi connectivity index (χ4n) is 1.52. The first kappa shape index (κ1) is 9.49. The maximum atomic E-state index is 9.09. The number of nitrogens with zero attached hydrogens (tertiary/aromatic N) is 2. The summed E-state index contributed by atoms with van der Waals surface area (Å²) in [6.07, 6.45) is 0.